The molecule has 0 spiro atoms. The maximum absolute atomic E-state index is 12.2. The minimum Gasteiger partial charge on any atom is -0.481 e. The number of carbonyl (C=O) groups is 1. The molecule has 4 rings (SSSR count). The number of nitrogens with zero attached hydrogens (tertiary/aromatic N) is 1. The standard InChI is InChI=1S/C33H35NO2/c1-23-18-29(20-30(19-23)33-24(2)12-11-13-25(33)3)31(21-32(35)36)34(22-27-14-7-5-8-15-27)26(4)28-16-9-6-10-17-28/h5-20,26,31H,21-22H2,1-4H3,(H,35,36)/t26-,31?/m1/s1. The zero-order valence-electron chi connectivity index (χ0n) is 21.6. The maximum Gasteiger partial charge on any atom is 0.305 e. The number of benzene rings is 4. The van der Waals surface area contributed by atoms with Gasteiger partial charge in [-0.3, -0.25) is 9.69 Å². The van der Waals surface area contributed by atoms with E-state index in [4.69, 9.17) is 0 Å². The van der Waals surface area contributed by atoms with Crippen LogP contribution in [-0.4, -0.2) is 16.0 Å². The maximum atomic E-state index is 12.2. The van der Waals surface area contributed by atoms with Crippen molar-refractivity contribution in [2.24, 2.45) is 0 Å². The van der Waals surface area contributed by atoms with Crippen molar-refractivity contribution in [2.45, 2.75) is 52.7 Å². The van der Waals surface area contributed by atoms with Crippen molar-refractivity contribution < 1.29 is 9.90 Å². The normalized spacial score (nSPS) is 12.9. The van der Waals surface area contributed by atoms with Gasteiger partial charge >= 0.3 is 5.97 Å². The number of aryl methyl sites for hydroxylation is 3. The summed E-state index contributed by atoms with van der Waals surface area (Å²) < 4.78 is 0. The lowest BCUT2D eigenvalue weighted by Crippen LogP contribution is -2.33. The quantitative estimate of drug-likeness (QED) is 0.265. The molecule has 3 nitrogen and oxygen atoms in total. The lowest BCUT2D eigenvalue weighted by Gasteiger charge is -2.37. The first-order valence-corrected chi connectivity index (χ1v) is 12.6. The molecule has 1 unspecified atom stereocenters. The van der Waals surface area contributed by atoms with Crippen LogP contribution in [0, 0.1) is 20.8 Å². The Labute approximate surface area is 215 Å². The molecule has 1 N–H and O–H groups in total. The van der Waals surface area contributed by atoms with Crippen molar-refractivity contribution in [1.82, 2.24) is 4.90 Å². The molecule has 0 aliphatic heterocycles. The Morgan fingerprint density at radius 2 is 1.39 bits per heavy atom. The number of hydrogen-bond donors (Lipinski definition) is 1. The van der Waals surface area contributed by atoms with Crippen LogP contribution in [0.5, 0.6) is 0 Å². The lowest BCUT2D eigenvalue weighted by molar-refractivity contribution is -0.138. The molecule has 2 atom stereocenters. The Balaban J connectivity index is 1.85. The van der Waals surface area contributed by atoms with Gasteiger partial charge in [0.25, 0.3) is 0 Å². The first-order chi connectivity index (χ1) is 17.3. The molecule has 4 aromatic rings. The van der Waals surface area contributed by atoms with E-state index in [1.165, 1.54) is 27.8 Å². The van der Waals surface area contributed by atoms with Crippen molar-refractivity contribution in [3.05, 3.63) is 130 Å². The van der Waals surface area contributed by atoms with E-state index >= 15 is 0 Å². The van der Waals surface area contributed by atoms with Crippen LogP contribution in [-0.2, 0) is 11.3 Å². The van der Waals surface area contributed by atoms with Gasteiger partial charge in [0.15, 0.2) is 0 Å². The summed E-state index contributed by atoms with van der Waals surface area (Å²) in [6, 6.07) is 33.3. The van der Waals surface area contributed by atoms with Gasteiger partial charge in [-0.15, -0.1) is 0 Å². The summed E-state index contributed by atoms with van der Waals surface area (Å²) in [5.41, 5.74) is 9.32. The van der Waals surface area contributed by atoms with Crippen molar-refractivity contribution in [3.63, 3.8) is 0 Å². The second-order valence-electron chi connectivity index (χ2n) is 9.76. The van der Waals surface area contributed by atoms with Gasteiger partial charge in [-0.1, -0.05) is 96.6 Å². The third kappa shape index (κ3) is 5.92. The summed E-state index contributed by atoms with van der Waals surface area (Å²) in [4.78, 5) is 14.6. The fraction of sp³-hybridized carbons (Fsp3) is 0.242. The zero-order valence-corrected chi connectivity index (χ0v) is 21.6. The fourth-order valence-corrected chi connectivity index (χ4v) is 5.25. The third-order valence-electron chi connectivity index (χ3n) is 7.01. The van der Waals surface area contributed by atoms with Crippen LogP contribution in [0.15, 0.2) is 97.1 Å². The molecule has 3 heteroatoms. The summed E-state index contributed by atoms with van der Waals surface area (Å²) in [5, 5.41) is 10.0. The number of carboxylic acids is 1. The van der Waals surface area contributed by atoms with E-state index in [9.17, 15) is 9.90 Å². The van der Waals surface area contributed by atoms with Crippen molar-refractivity contribution in [3.8, 4) is 11.1 Å². The Bertz CT molecular complexity index is 1290. The van der Waals surface area contributed by atoms with Gasteiger partial charge in [-0.2, -0.15) is 0 Å². The van der Waals surface area contributed by atoms with Crippen LogP contribution in [0.2, 0.25) is 0 Å². The second kappa shape index (κ2) is 11.4. The van der Waals surface area contributed by atoms with Crippen molar-refractivity contribution >= 4 is 5.97 Å². The number of rotatable bonds is 9. The second-order valence-corrected chi connectivity index (χ2v) is 9.76. The van der Waals surface area contributed by atoms with Gasteiger partial charge in [-0.25, -0.2) is 0 Å². The van der Waals surface area contributed by atoms with Crippen LogP contribution in [0.25, 0.3) is 11.1 Å². The highest BCUT2D eigenvalue weighted by Crippen LogP contribution is 2.37. The fourth-order valence-electron chi connectivity index (χ4n) is 5.25. The number of hydrogen-bond acceptors (Lipinski definition) is 2. The van der Waals surface area contributed by atoms with Gasteiger partial charge < -0.3 is 5.11 Å². The summed E-state index contributed by atoms with van der Waals surface area (Å²) in [6.07, 6.45) is 0.0274. The Kier molecular flexibility index (Phi) is 8.02. The van der Waals surface area contributed by atoms with Gasteiger partial charge in [0.1, 0.15) is 0 Å². The Morgan fingerprint density at radius 3 is 2.00 bits per heavy atom. The van der Waals surface area contributed by atoms with Crippen LogP contribution in [0.3, 0.4) is 0 Å². The van der Waals surface area contributed by atoms with Crippen LogP contribution in [0.1, 0.15) is 58.8 Å². The van der Waals surface area contributed by atoms with E-state index in [0.717, 1.165) is 16.7 Å². The highest BCUT2D eigenvalue weighted by atomic mass is 16.4. The van der Waals surface area contributed by atoms with E-state index < -0.39 is 5.97 Å². The summed E-state index contributed by atoms with van der Waals surface area (Å²) in [6.45, 7) is 9.20. The topological polar surface area (TPSA) is 40.5 Å². The molecule has 0 saturated heterocycles. The molecule has 36 heavy (non-hydrogen) atoms. The molecule has 0 heterocycles. The molecule has 0 aliphatic rings. The van der Waals surface area contributed by atoms with Gasteiger partial charge in [-0.05, 0) is 72.7 Å². The average molecular weight is 478 g/mol. The SMILES string of the molecule is Cc1cc(-c2c(C)cccc2C)cc(C(CC(=O)O)N(Cc2ccccc2)[C@H](C)c2ccccc2)c1. The van der Waals surface area contributed by atoms with Crippen LogP contribution >= 0.6 is 0 Å². The van der Waals surface area contributed by atoms with Crippen LogP contribution < -0.4 is 0 Å². The molecule has 0 saturated carbocycles. The molecular weight excluding hydrogens is 442 g/mol. The molecule has 4 aromatic carbocycles. The van der Waals surface area contributed by atoms with Crippen molar-refractivity contribution in [1.29, 1.82) is 0 Å². The lowest BCUT2D eigenvalue weighted by atomic mass is 9.89. The first kappa shape index (κ1) is 25.4. The van der Waals surface area contributed by atoms with Gasteiger partial charge in [0.2, 0.25) is 0 Å². The molecule has 0 bridgehead atoms. The molecule has 184 valence electrons. The predicted octanol–water partition coefficient (Wildman–Crippen LogP) is 8.06. The third-order valence-corrected chi connectivity index (χ3v) is 7.01. The van der Waals surface area contributed by atoms with Crippen molar-refractivity contribution in [2.75, 3.05) is 0 Å². The highest BCUT2D eigenvalue weighted by Gasteiger charge is 2.29. The Hall–Kier alpha value is -3.69. The molecule has 0 amide bonds. The monoisotopic (exact) mass is 477 g/mol. The molecule has 0 aromatic heterocycles. The van der Waals surface area contributed by atoms with E-state index in [2.05, 4.69) is 93.3 Å². The molecule has 0 radical (unpaired) electrons. The van der Waals surface area contributed by atoms with E-state index in [1.54, 1.807) is 0 Å². The number of carboxylic acid groups (broad SMARTS) is 1. The minimum atomic E-state index is -0.798. The largest absolute Gasteiger partial charge is 0.481 e. The number of aliphatic carboxylic acids is 1. The van der Waals surface area contributed by atoms with Crippen LogP contribution in [0.4, 0.5) is 0 Å². The predicted molar refractivity (Wildman–Crippen MR) is 148 cm³/mol. The van der Waals surface area contributed by atoms with Gasteiger partial charge in [0, 0.05) is 18.6 Å². The zero-order chi connectivity index (χ0) is 25.7. The Morgan fingerprint density at radius 1 is 0.778 bits per heavy atom. The van der Waals surface area contributed by atoms with E-state index in [1.807, 2.05) is 36.4 Å². The minimum absolute atomic E-state index is 0.0274. The summed E-state index contributed by atoms with van der Waals surface area (Å²) in [5.74, 6) is -0.798. The molecular formula is C33H35NO2. The molecule has 0 fully saturated rings. The average Bonchev–Trinajstić information content (AvgIpc) is 2.86. The van der Waals surface area contributed by atoms with E-state index in [-0.39, 0.29) is 18.5 Å². The first-order valence-electron chi connectivity index (χ1n) is 12.6. The summed E-state index contributed by atoms with van der Waals surface area (Å²) >= 11 is 0. The smallest absolute Gasteiger partial charge is 0.305 e. The van der Waals surface area contributed by atoms with Gasteiger partial charge in [0.05, 0.1) is 6.42 Å². The molecule has 0 aliphatic carbocycles. The summed E-state index contributed by atoms with van der Waals surface area (Å²) in [7, 11) is 0. The highest BCUT2D eigenvalue weighted by molar-refractivity contribution is 5.73. The van der Waals surface area contributed by atoms with E-state index in [0.29, 0.717) is 6.54 Å².